The molecule has 4 heteroatoms. The highest BCUT2D eigenvalue weighted by atomic mass is 16.3. The zero-order valence-electron chi connectivity index (χ0n) is 36.1. The first-order chi connectivity index (χ1) is 26.2. The van der Waals surface area contributed by atoms with Crippen LogP contribution in [0.5, 0.6) is 0 Å². The molecule has 0 aliphatic rings. The lowest BCUT2D eigenvalue weighted by Gasteiger charge is -2.22. The maximum absolute atomic E-state index is 12.4. The van der Waals surface area contributed by atoms with Crippen molar-refractivity contribution in [1.29, 1.82) is 0 Å². The van der Waals surface area contributed by atoms with E-state index in [1.807, 2.05) is 0 Å². The Labute approximate surface area is 332 Å². The number of hydrogen-bond acceptors (Lipinski definition) is 3. The van der Waals surface area contributed by atoms with Gasteiger partial charge in [0, 0.05) is 6.42 Å². The zero-order valence-corrected chi connectivity index (χ0v) is 36.1. The highest BCUT2D eigenvalue weighted by Gasteiger charge is 2.20. The van der Waals surface area contributed by atoms with Crippen molar-refractivity contribution in [1.82, 2.24) is 5.32 Å². The molecule has 0 radical (unpaired) electrons. The topological polar surface area (TPSA) is 69.6 Å². The number of amides is 1. The molecule has 2 atom stereocenters. The second-order valence-corrected chi connectivity index (χ2v) is 16.5. The van der Waals surface area contributed by atoms with E-state index in [4.69, 9.17) is 0 Å². The van der Waals surface area contributed by atoms with Crippen molar-refractivity contribution in [2.24, 2.45) is 0 Å². The number of nitrogens with one attached hydrogen (secondary N) is 1. The lowest BCUT2D eigenvalue weighted by atomic mass is 10.0. The number of aliphatic hydroxyl groups is 2. The fourth-order valence-corrected chi connectivity index (χ4v) is 7.51. The van der Waals surface area contributed by atoms with Gasteiger partial charge in [-0.05, 0) is 44.9 Å². The van der Waals surface area contributed by atoms with Crippen LogP contribution in [-0.4, -0.2) is 34.9 Å². The highest BCUT2D eigenvalue weighted by Crippen LogP contribution is 2.17. The number of carbonyl (C=O) groups is 1. The summed E-state index contributed by atoms with van der Waals surface area (Å²) in [5, 5.41) is 23.2. The van der Waals surface area contributed by atoms with Crippen LogP contribution in [0.1, 0.15) is 264 Å². The van der Waals surface area contributed by atoms with E-state index in [9.17, 15) is 15.0 Å². The Bertz CT molecular complexity index is 765. The van der Waals surface area contributed by atoms with Gasteiger partial charge in [0.05, 0.1) is 18.8 Å². The molecule has 0 heterocycles. The molecule has 0 saturated heterocycles. The highest BCUT2D eigenvalue weighted by molar-refractivity contribution is 5.76. The first-order valence-corrected chi connectivity index (χ1v) is 24.0. The summed E-state index contributed by atoms with van der Waals surface area (Å²) in [6, 6.07) is -0.539. The van der Waals surface area contributed by atoms with Crippen LogP contribution in [0.25, 0.3) is 0 Å². The standard InChI is InChI=1S/C49H95NO3/c1-3-5-7-9-11-13-15-17-19-21-22-23-24-25-26-27-29-30-32-34-36-38-40-42-44-48(52)47(46-51)50-49(53)45-43-41-39-37-35-33-31-28-20-18-16-14-12-10-8-6-4-2/h12,14,18,20,47-48,51-52H,3-11,13,15-17,19,21-46H2,1-2H3,(H,50,53)/b14-12-,20-18-. The third-order valence-corrected chi connectivity index (χ3v) is 11.2. The molecule has 0 aliphatic heterocycles. The van der Waals surface area contributed by atoms with E-state index in [-0.39, 0.29) is 12.5 Å². The molecule has 0 aromatic carbocycles. The van der Waals surface area contributed by atoms with Crippen LogP contribution < -0.4 is 5.32 Å². The second kappa shape index (κ2) is 45.3. The Hall–Kier alpha value is -1.13. The SMILES string of the molecule is CCCCC/C=C\C/C=C\CCCCCCCCCC(=O)NC(CO)C(O)CCCCCCCCCCCCCCCCCCCCCCCCCC. The molecule has 53 heavy (non-hydrogen) atoms. The van der Waals surface area contributed by atoms with Crippen LogP contribution in [0.4, 0.5) is 0 Å². The van der Waals surface area contributed by atoms with Crippen LogP contribution in [0, 0.1) is 0 Å². The number of aliphatic hydroxyl groups excluding tert-OH is 2. The Balaban J connectivity index is 3.47. The van der Waals surface area contributed by atoms with Gasteiger partial charge >= 0.3 is 0 Å². The fourth-order valence-electron chi connectivity index (χ4n) is 7.51. The van der Waals surface area contributed by atoms with Gasteiger partial charge in [-0.25, -0.2) is 0 Å². The number of carbonyl (C=O) groups excluding carboxylic acids is 1. The number of rotatable bonds is 44. The molecule has 4 nitrogen and oxygen atoms in total. The minimum atomic E-state index is -0.662. The zero-order chi connectivity index (χ0) is 38.6. The molecule has 3 N–H and O–H groups in total. The van der Waals surface area contributed by atoms with Gasteiger partial charge in [0.15, 0.2) is 0 Å². The monoisotopic (exact) mass is 746 g/mol. The third kappa shape index (κ3) is 41.9. The molecule has 0 aliphatic carbocycles. The van der Waals surface area contributed by atoms with Crippen LogP contribution in [-0.2, 0) is 4.79 Å². The maximum Gasteiger partial charge on any atom is 0.220 e. The summed E-state index contributed by atoms with van der Waals surface area (Å²) in [6.45, 7) is 4.35. The van der Waals surface area contributed by atoms with Crippen LogP contribution in [0.3, 0.4) is 0 Å². The summed E-state index contributed by atoms with van der Waals surface area (Å²) in [4.78, 5) is 12.4. The average molecular weight is 746 g/mol. The van der Waals surface area contributed by atoms with Crippen LogP contribution >= 0.6 is 0 Å². The van der Waals surface area contributed by atoms with Gasteiger partial charge in [0.1, 0.15) is 0 Å². The van der Waals surface area contributed by atoms with Crippen molar-refractivity contribution in [2.75, 3.05) is 6.61 Å². The Morgan fingerprint density at radius 3 is 1.17 bits per heavy atom. The molecule has 0 aromatic heterocycles. The molecular weight excluding hydrogens is 651 g/mol. The van der Waals surface area contributed by atoms with Crippen molar-refractivity contribution >= 4 is 5.91 Å². The molecule has 0 saturated carbocycles. The quantitative estimate of drug-likeness (QED) is 0.0430. The summed E-state index contributed by atoms with van der Waals surface area (Å²) < 4.78 is 0. The third-order valence-electron chi connectivity index (χ3n) is 11.2. The number of unbranched alkanes of at least 4 members (excludes halogenated alkanes) is 33. The van der Waals surface area contributed by atoms with E-state index >= 15 is 0 Å². The lowest BCUT2D eigenvalue weighted by molar-refractivity contribution is -0.123. The molecule has 0 spiro atoms. The van der Waals surface area contributed by atoms with Gasteiger partial charge in [-0.1, -0.05) is 237 Å². The van der Waals surface area contributed by atoms with E-state index < -0.39 is 12.1 Å². The lowest BCUT2D eigenvalue weighted by Crippen LogP contribution is -2.45. The minimum absolute atomic E-state index is 0.0368. The number of hydrogen-bond donors (Lipinski definition) is 3. The molecule has 0 rings (SSSR count). The van der Waals surface area contributed by atoms with Crippen molar-refractivity contribution < 1.29 is 15.0 Å². The van der Waals surface area contributed by atoms with Gasteiger partial charge in [-0.3, -0.25) is 4.79 Å². The summed E-state index contributed by atoms with van der Waals surface area (Å²) in [6.07, 6.45) is 58.4. The van der Waals surface area contributed by atoms with Gasteiger partial charge in [-0.2, -0.15) is 0 Å². The fraction of sp³-hybridized carbons (Fsp3) is 0.898. The average Bonchev–Trinajstić information content (AvgIpc) is 3.16. The van der Waals surface area contributed by atoms with Crippen molar-refractivity contribution in [3.05, 3.63) is 24.3 Å². The Morgan fingerprint density at radius 1 is 0.453 bits per heavy atom. The van der Waals surface area contributed by atoms with Crippen LogP contribution in [0.15, 0.2) is 24.3 Å². The predicted molar refractivity (Wildman–Crippen MR) is 235 cm³/mol. The van der Waals surface area contributed by atoms with E-state index in [1.165, 1.54) is 205 Å². The summed E-state index contributed by atoms with van der Waals surface area (Å²) in [5.74, 6) is -0.0368. The predicted octanol–water partition coefficient (Wildman–Crippen LogP) is 15.2. The van der Waals surface area contributed by atoms with E-state index in [2.05, 4.69) is 43.5 Å². The largest absolute Gasteiger partial charge is 0.394 e. The van der Waals surface area contributed by atoms with Gasteiger partial charge < -0.3 is 15.5 Å². The van der Waals surface area contributed by atoms with Gasteiger partial charge in [-0.15, -0.1) is 0 Å². The molecule has 2 unspecified atom stereocenters. The van der Waals surface area contributed by atoms with E-state index in [1.54, 1.807) is 0 Å². The van der Waals surface area contributed by atoms with Crippen LogP contribution in [0.2, 0.25) is 0 Å². The van der Waals surface area contributed by atoms with Crippen molar-refractivity contribution in [2.45, 2.75) is 276 Å². The normalized spacial score (nSPS) is 13.1. The van der Waals surface area contributed by atoms with Crippen molar-refractivity contribution in [3.8, 4) is 0 Å². The molecule has 0 aromatic rings. The first-order valence-electron chi connectivity index (χ1n) is 24.0. The first kappa shape index (κ1) is 51.9. The molecule has 0 bridgehead atoms. The Morgan fingerprint density at radius 2 is 0.774 bits per heavy atom. The Kier molecular flexibility index (Phi) is 44.3. The number of allylic oxidation sites excluding steroid dienone is 4. The molecule has 0 fully saturated rings. The van der Waals surface area contributed by atoms with Gasteiger partial charge in [0.25, 0.3) is 0 Å². The summed E-state index contributed by atoms with van der Waals surface area (Å²) in [7, 11) is 0. The maximum atomic E-state index is 12.4. The molecular formula is C49H95NO3. The smallest absolute Gasteiger partial charge is 0.220 e. The summed E-state index contributed by atoms with van der Waals surface area (Å²) in [5.41, 5.74) is 0. The van der Waals surface area contributed by atoms with E-state index in [0.29, 0.717) is 12.8 Å². The minimum Gasteiger partial charge on any atom is -0.394 e. The van der Waals surface area contributed by atoms with Crippen molar-refractivity contribution in [3.63, 3.8) is 0 Å². The molecule has 314 valence electrons. The van der Waals surface area contributed by atoms with Gasteiger partial charge in [0.2, 0.25) is 5.91 Å². The summed E-state index contributed by atoms with van der Waals surface area (Å²) >= 11 is 0. The molecule has 1 amide bonds. The van der Waals surface area contributed by atoms with E-state index in [0.717, 1.165) is 32.1 Å². The second-order valence-electron chi connectivity index (χ2n) is 16.5.